The van der Waals surface area contributed by atoms with Gasteiger partial charge in [-0.3, -0.25) is 0 Å². The van der Waals surface area contributed by atoms with Gasteiger partial charge in [0, 0.05) is 18.9 Å². The van der Waals surface area contributed by atoms with E-state index < -0.39 is 0 Å². The van der Waals surface area contributed by atoms with Crippen LogP contribution >= 0.6 is 0 Å². The Kier molecular flexibility index (Phi) is 2.19. The summed E-state index contributed by atoms with van der Waals surface area (Å²) in [5.74, 6) is 0. The van der Waals surface area contributed by atoms with Gasteiger partial charge in [0.2, 0.25) is 0 Å². The molecule has 1 heterocycles. The van der Waals surface area contributed by atoms with Crippen LogP contribution in [0.2, 0.25) is 0 Å². The smallest absolute Gasteiger partial charge is 0.0646 e. The Hall–Kier alpha value is -1.48. The predicted molar refractivity (Wildman–Crippen MR) is 53.6 cm³/mol. The largest absolute Gasteiger partial charge is 0.395 e. The molecule has 0 spiro atoms. The lowest BCUT2D eigenvalue weighted by atomic mass is 10.2. The quantitative estimate of drug-likeness (QED) is 0.714. The molecule has 0 saturated heterocycles. The Morgan fingerprint density at radius 2 is 2.15 bits per heavy atom. The molecular formula is C10H12N2O. The molecule has 2 rings (SSSR count). The van der Waals surface area contributed by atoms with Crippen molar-refractivity contribution in [3.8, 4) is 0 Å². The van der Waals surface area contributed by atoms with E-state index in [1.165, 1.54) is 0 Å². The summed E-state index contributed by atoms with van der Waals surface area (Å²) in [6.07, 6.45) is 3.80. The lowest BCUT2D eigenvalue weighted by molar-refractivity contribution is 0.305. The van der Waals surface area contributed by atoms with Crippen LogP contribution in [0.25, 0.3) is 0 Å². The van der Waals surface area contributed by atoms with Crippen LogP contribution in [0.15, 0.2) is 36.7 Å². The molecule has 3 heteroatoms. The van der Waals surface area contributed by atoms with Crippen molar-refractivity contribution in [3.05, 3.63) is 36.7 Å². The van der Waals surface area contributed by atoms with Gasteiger partial charge in [0.05, 0.1) is 18.0 Å². The van der Waals surface area contributed by atoms with Crippen LogP contribution in [-0.2, 0) is 0 Å². The second kappa shape index (κ2) is 3.49. The van der Waals surface area contributed by atoms with E-state index in [9.17, 15) is 0 Å². The van der Waals surface area contributed by atoms with Gasteiger partial charge >= 0.3 is 0 Å². The summed E-state index contributed by atoms with van der Waals surface area (Å²) < 4.78 is 0. The summed E-state index contributed by atoms with van der Waals surface area (Å²) >= 11 is 0. The third kappa shape index (κ3) is 1.51. The summed E-state index contributed by atoms with van der Waals surface area (Å²) in [6.45, 7) is 0.799. The molecule has 1 aromatic carbocycles. The van der Waals surface area contributed by atoms with Gasteiger partial charge in [-0.05, 0) is 12.1 Å². The summed E-state index contributed by atoms with van der Waals surface area (Å²) in [4.78, 5) is 2.02. The zero-order chi connectivity index (χ0) is 9.10. The van der Waals surface area contributed by atoms with Gasteiger partial charge in [0.15, 0.2) is 0 Å². The fourth-order valence-corrected chi connectivity index (χ4v) is 1.45. The van der Waals surface area contributed by atoms with Crippen LogP contribution in [0.1, 0.15) is 0 Å². The highest BCUT2D eigenvalue weighted by Gasteiger charge is 2.09. The van der Waals surface area contributed by atoms with Crippen LogP contribution in [0.3, 0.4) is 0 Å². The van der Waals surface area contributed by atoms with E-state index in [4.69, 9.17) is 5.11 Å². The Morgan fingerprint density at radius 1 is 1.31 bits per heavy atom. The maximum absolute atomic E-state index is 8.85. The lowest BCUT2D eigenvalue weighted by Crippen LogP contribution is -2.23. The second-order valence-corrected chi connectivity index (χ2v) is 2.89. The van der Waals surface area contributed by atoms with Crippen LogP contribution < -0.4 is 10.2 Å². The number of aliphatic hydroxyl groups excluding tert-OH is 1. The second-order valence-electron chi connectivity index (χ2n) is 2.89. The van der Waals surface area contributed by atoms with Crippen molar-refractivity contribution in [3.63, 3.8) is 0 Å². The molecule has 0 bridgehead atoms. The molecule has 0 radical (unpaired) electrons. The van der Waals surface area contributed by atoms with E-state index in [1.807, 2.05) is 41.6 Å². The number of nitrogens with zero attached hydrogens (tertiary/aromatic N) is 1. The average Bonchev–Trinajstić information content (AvgIpc) is 2.19. The van der Waals surface area contributed by atoms with Crippen molar-refractivity contribution < 1.29 is 5.11 Å². The Balaban J connectivity index is 2.31. The van der Waals surface area contributed by atoms with Gasteiger partial charge in [-0.2, -0.15) is 0 Å². The van der Waals surface area contributed by atoms with Gasteiger partial charge in [0.1, 0.15) is 0 Å². The number of hydrogen-bond donors (Lipinski definition) is 2. The molecule has 0 aliphatic carbocycles. The lowest BCUT2D eigenvalue weighted by Gasteiger charge is -2.25. The van der Waals surface area contributed by atoms with Crippen LogP contribution in [0.5, 0.6) is 0 Å². The Labute approximate surface area is 77.3 Å². The zero-order valence-electron chi connectivity index (χ0n) is 7.27. The molecule has 2 N–H and O–H groups in total. The molecular weight excluding hydrogens is 164 g/mol. The summed E-state index contributed by atoms with van der Waals surface area (Å²) in [5, 5.41) is 12.0. The summed E-state index contributed by atoms with van der Waals surface area (Å²) in [5.41, 5.74) is 2.19. The van der Waals surface area contributed by atoms with E-state index in [0.717, 1.165) is 11.4 Å². The van der Waals surface area contributed by atoms with Crippen LogP contribution in [-0.4, -0.2) is 18.3 Å². The van der Waals surface area contributed by atoms with Crippen molar-refractivity contribution in [2.24, 2.45) is 0 Å². The third-order valence-corrected chi connectivity index (χ3v) is 2.05. The van der Waals surface area contributed by atoms with Crippen LogP contribution in [0, 0.1) is 0 Å². The maximum atomic E-state index is 8.85. The van der Waals surface area contributed by atoms with Gasteiger partial charge in [-0.1, -0.05) is 12.1 Å². The van der Waals surface area contributed by atoms with Crippen LogP contribution in [0.4, 0.5) is 11.4 Å². The molecule has 1 aromatic rings. The molecule has 1 aliphatic rings. The first kappa shape index (κ1) is 8.13. The maximum Gasteiger partial charge on any atom is 0.0646 e. The highest BCUT2D eigenvalue weighted by atomic mass is 16.3. The molecule has 0 fully saturated rings. The molecule has 0 unspecified atom stereocenters. The monoisotopic (exact) mass is 176 g/mol. The van der Waals surface area contributed by atoms with E-state index in [1.54, 1.807) is 0 Å². The number of hydrogen-bond acceptors (Lipinski definition) is 3. The first-order valence-electron chi connectivity index (χ1n) is 4.31. The third-order valence-electron chi connectivity index (χ3n) is 2.05. The minimum absolute atomic E-state index is 0.165. The number of anilines is 2. The highest BCUT2D eigenvalue weighted by Crippen LogP contribution is 2.28. The van der Waals surface area contributed by atoms with Gasteiger partial charge in [-0.15, -0.1) is 0 Å². The molecule has 3 nitrogen and oxygen atoms in total. The normalized spacial score (nSPS) is 13.8. The van der Waals surface area contributed by atoms with E-state index in [0.29, 0.717) is 6.54 Å². The number of nitrogens with one attached hydrogen (secondary N) is 1. The molecule has 0 amide bonds. The minimum atomic E-state index is 0.165. The van der Waals surface area contributed by atoms with Gasteiger partial charge in [0.25, 0.3) is 0 Å². The molecule has 13 heavy (non-hydrogen) atoms. The van der Waals surface area contributed by atoms with Gasteiger partial charge < -0.3 is 15.3 Å². The van der Waals surface area contributed by atoms with Crippen molar-refractivity contribution >= 4 is 11.4 Å². The zero-order valence-corrected chi connectivity index (χ0v) is 7.27. The summed E-state index contributed by atoms with van der Waals surface area (Å²) in [7, 11) is 0. The van der Waals surface area contributed by atoms with Crippen molar-refractivity contribution in [1.29, 1.82) is 0 Å². The van der Waals surface area contributed by atoms with Crippen molar-refractivity contribution in [2.45, 2.75) is 0 Å². The van der Waals surface area contributed by atoms with Gasteiger partial charge in [-0.25, -0.2) is 0 Å². The topological polar surface area (TPSA) is 35.5 Å². The SMILES string of the molecule is OCCN1C=CNc2ccccc21. The first-order chi connectivity index (χ1) is 6.42. The fraction of sp³-hybridized carbons (Fsp3) is 0.200. The number of β-amino-alcohol motifs (C(OH)–C–C–N with tert-alkyl or cyclic N) is 1. The number of rotatable bonds is 2. The fourth-order valence-electron chi connectivity index (χ4n) is 1.45. The molecule has 1 aliphatic heterocycles. The van der Waals surface area contributed by atoms with E-state index >= 15 is 0 Å². The molecule has 0 aromatic heterocycles. The van der Waals surface area contributed by atoms with Crippen molar-refractivity contribution in [2.75, 3.05) is 23.4 Å². The number of fused-ring (bicyclic) bond motifs is 1. The predicted octanol–water partition coefficient (Wildman–Crippen LogP) is 1.38. The van der Waals surface area contributed by atoms with Crippen molar-refractivity contribution in [1.82, 2.24) is 0 Å². The number of para-hydroxylation sites is 2. The van der Waals surface area contributed by atoms with E-state index in [2.05, 4.69) is 5.32 Å². The Bertz CT molecular complexity index is 322. The molecule has 68 valence electrons. The van der Waals surface area contributed by atoms with E-state index in [-0.39, 0.29) is 6.61 Å². The molecule has 0 atom stereocenters. The standard InChI is InChI=1S/C10H12N2O/c13-8-7-12-6-5-11-9-3-1-2-4-10(9)12/h1-6,11,13H,7-8H2. The first-order valence-corrected chi connectivity index (χ1v) is 4.31. The number of aliphatic hydroxyl groups is 1. The average molecular weight is 176 g/mol. The minimum Gasteiger partial charge on any atom is -0.395 e. The highest BCUT2D eigenvalue weighted by molar-refractivity contribution is 5.74. The molecule has 0 saturated carbocycles. The summed E-state index contributed by atoms with van der Waals surface area (Å²) in [6, 6.07) is 8.02. The number of benzene rings is 1. The Morgan fingerprint density at radius 3 is 3.00 bits per heavy atom.